The molecule has 2 aromatic rings. The van der Waals surface area contributed by atoms with Gasteiger partial charge in [-0.05, 0) is 35.0 Å². The molecule has 0 unspecified atom stereocenters. The van der Waals surface area contributed by atoms with Crippen molar-refractivity contribution in [1.29, 1.82) is 0 Å². The van der Waals surface area contributed by atoms with Crippen LogP contribution in [0.25, 0.3) is 0 Å². The Hall–Kier alpha value is -1.67. The fourth-order valence-electron chi connectivity index (χ4n) is 2.57. The van der Waals surface area contributed by atoms with E-state index in [1.807, 2.05) is 24.0 Å². The molecular formula is C15H17BrN4O2S. The van der Waals surface area contributed by atoms with E-state index in [2.05, 4.69) is 25.8 Å². The summed E-state index contributed by atoms with van der Waals surface area (Å²) in [5.74, 6) is 0.919. The lowest BCUT2D eigenvalue weighted by Gasteiger charge is -2.35. The van der Waals surface area contributed by atoms with Gasteiger partial charge in [0.2, 0.25) is 5.91 Å². The summed E-state index contributed by atoms with van der Waals surface area (Å²) in [5, 5.41) is 1.78. The number of halogens is 1. The van der Waals surface area contributed by atoms with E-state index < -0.39 is 0 Å². The van der Waals surface area contributed by atoms with Crippen LogP contribution in [0.15, 0.2) is 33.0 Å². The minimum absolute atomic E-state index is 0.00276. The molecule has 0 atom stereocenters. The van der Waals surface area contributed by atoms with Gasteiger partial charge in [0, 0.05) is 47.9 Å². The van der Waals surface area contributed by atoms with Gasteiger partial charge in [-0.2, -0.15) is 0 Å². The molecule has 3 heterocycles. The van der Waals surface area contributed by atoms with E-state index in [0.717, 1.165) is 40.4 Å². The lowest BCUT2D eigenvalue weighted by atomic mass is 10.3. The van der Waals surface area contributed by atoms with Gasteiger partial charge >= 0.3 is 4.87 Å². The van der Waals surface area contributed by atoms with Crippen molar-refractivity contribution in [2.75, 3.05) is 31.1 Å². The van der Waals surface area contributed by atoms with Crippen molar-refractivity contribution < 1.29 is 4.79 Å². The maximum absolute atomic E-state index is 12.4. The van der Waals surface area contributed by atoms with Gasteiger partial charge in [0.15, 0.2) is 0 Å². The fourth-order valence-corrected chi connectivity index (χ4v) is 3.54. The van der Waals surface area contributed by atoms with Crippen LogP contribution in [0.2, 0.25) is 0 Å². The molecule has 1 fully saturated rings. The molecule has 1 aliphatic rings. The highest BCUT2D eigenvalue weighted by Gasteiger charge is 2.22. The van der Waals surface area contributed by atoms with Crippen molar-refractivity contribution in [2.24, 2.45) is 0 Å². The SMILES string of the molecule is Cc1csc(=O)n1CC(=O)N1CCN(c2ccc(Br)cn2)CC1. The lowest BCUT2D eigenvalue weighted by molar-refractivity contribution is -0.132. The van der Waals surface area contributed by atoms with E-state index >= 15 is 0 Å². The molecule has 1 amide bonds. The predicted molar refractivity (Wildman–Crippen MR) is 94.0 cm³/mol. The van der Waals surface area contributed by atoms with Crippen LogP contribution in [0, 0.1) is 6.92 Å². The Labute approximate surface area is 146 Å². The first-order valence-corrected chi connectivity index (χ1v) is 9.01. The predicted octanol–water partition coefficient (Wildman–Crippen LogP) is 1.72. The second-order valence-corrected chi connectivity index (χ2v) is 7.17. The smallest absolute Gasteiger partial charge is 0.307 e. The van der Waals surface area contributed by atoms with Crippen molar-refractivity contribution in [1.82, 2.24) is 14.5 Å². The molecule has 1 aliphatic heterocycles. The summed E-state index contributed by atoms with van der Waals surface area (Å²) in [7, 11) is 0. The zero-order chi connectivity index (χ0) is 16.4. The molecule has 8 heteroatoms. The first-order valence-electron chi connectivity index (χ1n) is 7.34. The van der Waals surface area contributed by atoms with Gasteiger partial charge in [-0.1, -0.05) is 11.3 Å². The maximum Gasteiger partial charge on any atom is 0.307 e. The summed E-state index contributed by atoms with van der Waals surface area (Å²) in [6, 6.07) is 3.93. The molecule has 0 spiro atoms. The summed E-state index contributed by atoms with van der Waals surface area (Å²) in [6.07, 6.45) is 1.78. The standard InChI is InChI=1S/C15H17BrN4O2S/c1-11-10-23-15(22)20(11)9-14(21)19-6-4-18(5-7-19)13-3-2-12(16)8-17-13/h2-3,8,10H,4-7,9H2,1H3. The van der Waals surface area contributed by atoms with E-state index in [9.17, 15) is 9.59 Å². The second kappa shape index (κ2) is 6.84. The van der Waals surface area contributed by atoms with Gasteiger partial charge in [0.05, 0.1) is 0 Å². The molecule has 0 bridgehead atoms. The van der Waals surface area contributed by atoms with E-state index in [1.54, 1.807) is 11.6 Å². The van der Waals surface area contributed by atoms with E-state index in [0.29, 0.717) is 13.1 Å². The summed E-state index contributed by atoms with van der Waals surface area (Å²) in [6.45, 7) is 4.77. The van der Waals surface area contributed by atoms with Crippen molar-refractivity contribution in [3.63, 3.8) is 0 Å². The highest BCUT2D eigenvalue weighted by atomic mass is 79.9. The molecule has 23 heavy (non-hydrogen) atoms. The third-order valence-electron chi connectivity index (χ3n) is 3.94. The normalized spacial score (nSPS) is 15.0. The minimum atomic E-state index is -0.0754. The Kier molecular flexibility index (Phi) is 4.82. The van der Waals surface area contributed by atoms with Gasteiger partial charge in [-0.15, -0.1) is 0 Å². The third kappa shape index (κ3) is 3.64. The Bertz CT molecular complexity index is 748. The number of carbonyl (C=O) groups excluding carboxylic acids is 1. The number of thiazole rings is 1. The minimum Gasteiger partial charge on any atom is -0.353 e. The number of amides is 1. The van der Waals surface area contributed by atoms with Gasteiger partial charge in [0.1, 0.15) is 12.4 Å². The average Bonchev–Trinajstić information content (AvgIpc) is 2.87. The number of hydrogen-bond acceptors (Lipinski definition) is 5. The van der Waals surface area contributed by atoms with Crippen molar-refractivity contribution in [3.05, 3.63) is 43.5 Å². The molecule has 1 saturated heterocycles. The molecule has 0 radical (unpaired) electrons. The number of carbonyl (C=O) groups is 1. The van der Waals surface area contributed by atoms with Crippen LogP contribution in [-0.4, -0.2) is 46.5 Å². The van der Waals surface area contributed by atoms with Crippen LogP contribution < -0.4 is 9.77 Å². The maximum atomic E-state index is 12.4. The quantitative estimate of drug-likeness (QED) is 0.792. The molecule has 122 valence electrons. The van der Waals surface area contributed by atoms with Crippen LogP contribution in [0.5, 0.6) is 0 Å². The molecule has 0 saturated carbocycles. The zero-order valence-corrected chi connectivity index (χ0v) is 15.1. The highest BCUT2D eigenvalue weighted by molar-refractivity contribution is 9.10. The summed E-state index contributed by atoms with van der Waals surface area (Å²) >= 11 is 4.51. The molecule has 0 aliphatic carbocycles. The Balaban J connectivity index is 1.59. The lowest BCUT2D eigenvalue weighted by Crippen LogP contribution is -2.50. The van der Waals surface area contributed by atoms with Crippen molar-refractivity contribution in [2.45, 2.75) is 13.5 Å². The van der Waals surface area contributed by atoms with Crippen LogP contribution in [-0.2, 0) is 11.3 Å². The molecular weight excluding hydrogens is 380 g/mol. The topological polar surface area (TPSA) is 58.4 Å². The fraction of sp³-hybridized carbons (Fsp3) is 0.400. The Morgan fingerprint density at radius 2 is 2.04 bits per heavy atom. The Morgan fingerprint density at radius 1 is 1.30 bits per heavy atom. The van der Waals surface area contributed by atoms with Crippen molar-refractivity contribution in [3.8, 4) is 0 Å². The number of aryl methyl sites for hydroxylation is 1. The van der Waals surface area contributed by atoms with Crippen LogP contribution in [0.4, 0.5) is 5.82 Å². The van der Waals surface area contributed by atoms with Crippen molar-refractivity contribution >= 4 is 39.0 Å². The highest BCUT2D eigenvalue weighted by Crippen LogP contribution is 2.16. The van der Waals surface area contributed by atoms with Gasteiger partial charge in [-0.25, -0.2) is 4.98 Å². The summed E-state index contributed by atoms with van der Waals surface area (Å²) in [5.41, 5.74) is 0.839. The van der Waals surface area contributed by atoms with E-state index in [-0.39, 0.29) is 17.3 Å². The van der Waals surface area contributed by atoms with E-state index in [4.69, 9.17) is 0 Å². The summed E-state index contributed by atoms with van der Waals surface area (Å²) in [4.78, 5) is 32.4. The van der Waals surface area contributed by atoms with Crippen LogP contribution in [0.3, 0.4) is 0 Å². The van der Waals surface area contributed by atoms with Crippen LogP contribution in [0.1, 0.15) is 5.69 Å². The monoisotopic (exact) mass is 396 g/mol. The number of aromatic nitrogens is 2. The Morgan fingerprint density at radius 3 is 2.61 bits per heavy atom. The number of rotatable bonds is 3. The van der Waals surface area contributed by atoms with Gasteiger partial charge in [-0.3, -0.25) is 14.2 Å². The number of pyridine rings is 1. The van der Waals surface area contributed by atoms with Crippen LogP contribution >= 0.6 is 27.3 Å². The number of nitrogens with zero attached hydrogens (tertiary/aromatic N) is 4. The van der Waals surface area contributed by atoms with E-state index in [1.165, 1.54) is 4.57 Å². The zero-order valence-electron chi connectivity index (χ0n) is 12.7. The molecule has 3 rings (SSSR count). The summed E-state index contributed by atoms with van der Waals surface area (Å²) < 4.78 is 2.49. The average molecular weight is 397 g/mol. The van der Waals surface area contributed by atoms with Gasteiger partial charge in [0.25, 0.3) is 0 Å². The molecule has 2 aromatic heterocycles. The number of hydrogen-bond donors (Lipinski definition) is 0. The van der Waals surface area contributed by atoms with Gasteiger partial charge < -0.3 is 9.80 Å². The number of anilines is 1. The molecule has 0 aromatic carbocycles. The number of piperazine rings is 1. The largest absolute Gasteiger partial charge is 0.353 e. The first-order chi connectivity index (χ1) is 11.0. The second-order valence-electron chi connectivity index (χ2n) is 5.43. The first kappa shape index (κ1) is 16.2. The third-order valence-corrected chi connectivity index (χ3v) is 5.29. The molecule has 0 N–H and O–H groups in total. The molecule has 6 nitrogen and oxygen atoms in total.